The van der Waals surface area contributed by atoms with E-state index in [-0.39, 0.29) is 11.5 Å². The summed E-state index contributed by atoms with van der Waals surface area (Å²) in [5, 5.41) is 10.7. The first-order valence-electron chi connectivity index (χ1n) is 8.16. The fourth-order valence-electron chi connectivity index (χ4n) is 3.79. The number of Topliss-reactive ketones (excluding diaryl/α,β-unsaturated/α-hetero) is 1. The second-order valence-corrected chi connectivity index (χ2v) is 6.25. The summed E-state index contributed by atoms with van der Waals surface area (Å²) in [6.45, 7) is 2.33. The summed E-state index contributed by atoms with van der Waals surface area (Å²) >= 11 is 0. The van der Waals surface area contributed by atoms with Crippen molar-refractivity contribution < 1.29 is 19.4 Å². The fourth-order valence-corrected chi connectivity index (χ4v) is 3.79. The van der Waals surface area contributed by atoms with Gasteiger partial charge in [0.15, 0.2) is 17.3 Å². The number of carbonyl (C=O) groups is 1. The number of rotatable bonds is 3. The van der Waals surface area contributed by atoms with Crippen LogP contribution < -0.4 is 9.47 Å². The second-order valence-electron chi connectivity index (χ2n) is 6.25. The first-order valence-corrected chi connectivity index (χ1v) is 8.16. The van der Waals surface area contributed by atoms with Crippen LogP contribution in [0.5, 0.6) is 17.2 Å². The molecule has 1 aliphatic heterocycles. The Morgan fingerprint density at radius 2 is 1.84 bits per heavy atom. The molecule has 1 aliphatic rings. The standard InChI is InChI=1S/C20H19NO4/c1-11(22)19-15-9-13(23)4-5-16(15)21-7-6-12-8-17(24-2)18(25-3)10-14(12)20(19)21/h4-5,8-10,23H,6-7H2,1-3H3. The Balaban J connectivity index is 2.10. The van der Waals surface area contributed by atoms with Crippen LogP contribution in [0.3, 0.4) is 0 Å². The molecule has 0 saturated heterocycles. The summed E-state index contributed by atoms with van der Waals surface area (Å²) in [4.78, 5) is 12.4. The van der Waals surface area contributed by atoms with Gasteiger partial charge in [-0.2, -0.15) is 0 Å². The van der Waals surface area contributed by atoms with Crippen molar-refractivity contribution in [3.05, 3.63) is 41.5 Å². The molecule has 0 aliphatic carbocycles. The van der Waals surface area contributed by atoms with Crippen LogP contribution in [0.2, 0.25) is 0 Å². The van der Waals surface area contributed by atoms with E-state index in [1.54, 1.807) is 33.3 Å². The lowest BCUT2D eigenvalue weighted by atomic mass is 9.94. The molecular formula is C20H19NO4. The second kappa shape index (κ2) is 5.55. The normalized spacial score (nSPS) is 12.6. The van der Waals surface area contributed by atoms with Gasteiger partial charge in [-0.15, -0.1) is 0 Å². The van der Waals surface area contributed by atoms with Crippen molar-refractivity contribution in [3.63, 3.8) is 0 Å². The summed E-state index contributed by atoms with van der Waals surface area (Å²) in [7, 11) is 3.22. The van der Waals surface area contributed by atoms with E-state index in [2.05, 4.69) is 4.57 Å². The maximum absolute atomic E-state index is 12.4. The number of hydrogen-bond donors (Lipinski definition) is 1. The summed E-state index contributed by atoms with van der Waals surface area (Å²) in [5.74, 6) is 1.46. The van der Waals surface area contributed by atoms with Crippen LogP contribution >= 0.6 is 0 Å². The maximum Gasteiger partial charge on any atom is 0.162 e. The fraction of sp³-hybridized carbons (Fsp3) is 0.250. The number of ketones is 1. The van der Waals surface area contributed by atoms with Gasteiger partial charge < -0.3 is 19.1 Å². The van der Waals surface area contributed by atoms with Gasteiger partial charge in [0.1, 0.15) is 5.75 Å². The van der Waals surface area contributed by atoms with E-state index in [1.165, 1.54) is 0 Å². The summed E-state index contributed by atoms with van der Waals surface area (Å²) < 4.78 is 13.0. The molecule has 2 aromatic carbocycles. The summed E-state index contributed by atoms with van der Waals surface area (Å²) in [6, 6.07) is 9.11. The Morgan fingerprint density at radius 1 is 1.12 bits per heavy atom. The number of methoxy groups -OCH3 is 2. The van der Waals surface area contributed by atoms with Crippen LogP contribution in [-0.2, 0) is 13.0 Å². The van der Waals surface area contributed by atoms with Gasteiger partial charge in [0.25, 0.3) is 0 Å². The lowest BCUT2D eigenvalue weighted by Gasteiger charge is -2.23. The van der Waals surface area contributed by atoms with E-state index in [9.17, 15) is 9.90 Å². The minimum Gasteiger partial charge on any atom is -0.508 e. The van der Waals surface area contributed by atoms with E-state index in [1.807, 2.05) is 18.2 Å². The van der Waals surface area contributed by atoms with Crippen LogP contribution in [0.25, 0.3) is 22.2 Å². The van der Waals surface area contributed by atoms with E-state index in [4.69, 9.17) is 9.47 Å². The quantitative estimate of drug-likeness (QED) is 0.739. The van der Waals surface area contributed by atoms with Crippen molar-refractivity contribution in [1.29, 1.82) is 0 Å². The Kier molecular flexibility index (Phi) is 3.46. The third-order valence-corrected chi connectivity index (χ3v) is 4.87. The molecular weight excluding hydrogens is 318 g/mol. The summed E-state index contributed by atoms with van der Waals surface area (Å²) in [5.41, 5.74) is 4.58. The van der Waals surface area contributed by atoms with Crippen molar-refractivity contribution in [2.24, 2.45) is 0 Å². The Bertz CT molecular complexity index is 1020. The molecule has 0 amide bonds. The molecule has 0 fully saturated rings. The number of aromatic nitrogens is 1. The van der Waals surface area contributed by atoms with Crippen LogP contribution in [-0.4, -0.2) is 29.7 Å². The van der Waals surface area contributed by atoms with Gasteiger partial charge in [-0.3, -0.25) is 4.79 Å². The SMILES string of the molecule is COc1cc2c(cc1OC)-c1c(C(C)=O)c3cc(O)ccc3n1CC2. The van der Waals surface area contributed by atoms with Gasteiger partial charge in [-0.05, 0) is 49.2 Å². The molecule has 5 nitrogen and oxygen atoms in total. The number of hydrogen-bond acceptors (Lipinski definition) is 4. The van der Waals surface area contributed by atoms with Crippen molar-refractivity contribution >= 4 is 16.7 Å². The molecule has 128 valence electrons. The Labute approximate surface area is 145 Å². The van der Waals surface area contributed by atoms with E-state index in [0.717, 1.165) is 40.7 Å². The number of phenols is 1. The molecule has 2 heterocycles. The average molecular weight is 337 g/mol. The number of aromatic hydroxyl groups is 1. The minimum atomic E-state index is -0.0213. The monoisotopic (exact) mass is 337 g/mol. The van der Waals surface area contributed by atoms with Crippen molar-refractivity contribution in [2.75, 3.05) is 14.2 Å². The van der Waals surface area contributed by atoms with Crippen LogP contribution in [0.15, 0.2) is 30.3 Å². The van der Waals surface area contributed by atoms with Crippen LogP contribution in [0, 0.1) is 0 Å². The molecule has 0 atom stereocenters. The number of ether oxygens (including phenoxy) is 2. The molecule has 0 radical (unpaired) electrons. The zero-order valence-corrected chi connectivity index (χ0v) is 14.4. The first kappa shape index (κ1) is 15.6. The van der Waals surface area contributed by atoms with E-state index in [0.29, 0.717) is 17.1 Å². The zero-order valence-electron chi connectivity index (χ0n) is 14.4. The average Bonchev–Trinajstić information content (AvgIpc) is 2.94. The molecule has 1 aromatic heterocycles. The highest BCUT2D eigenvalue weighted by Crippen LogP contribution is 2.44. The number of nitrogens with zero attached hydrogens (tertiary/aromatic N) is 1. The highest BCUT2D eigenvalue weighted by molar-refractivity contribution is 6.13. The first-order chi connectivity index (χ1) is 12.0. The van der Waals surface area contributed by atoms with Gasteiger partial charge >= 0.3 is 0 Å². The number of aryl methyl sites for hydroxylation is 2. The third kappa shape index (κ3) is 2.19. The number of fused-ring (bicyclic) bond motifs is 5. The lowest BCUT2D eigenvalue weighted by Crippen LogP contribution is -2.12. The lowest BCUT2D eigenvalue weighted by molar-refractivity contribution is 0.101. The molecule has 0 unspecified atom stereocenters. The van der Waals surface area contributed by atoms with E-state index < -0.39 is 0 Å². The highest BCUT2D eigenvalue weighted by atomic mass is 16.5. The molecule has 1 N–H and O–H groups in total. The van der Waals surface area contributed by atoms with E-state index >= 15 is 0 Å². The summed E-state index contributed by atoms with van der Waals surface area (Å²) in [6.07, 6.45) is 0.838. The Hall–Kier alpha value is -2.95. The molecule has 0 saturated carbocycles. The number of carbonyl (C=O) groups excluding carboxylic acids is 1. The molecule has 5 heteroatoms. The predicted octanol–water partition coefficient (Wildman–Crippen LogP) is 3.79. The van der Waals surface area contributed by atoms with Gasteiger partial charge in [-0.1, -0.05) is 0 Å². The smallest absolute Gasteiger partial charge is 0.162 e. The minimum absolute atomic E-state index is 0.0213. The largest absolute Gasteiger partial charge is 0.508 e. The van der Waals surface area contributed by atoms with Gasteiger partial charge in [-0.25, -0.2) is 0 Å². The molecule has 0 bridgehead atoms. The maximum atomic E-state index is 12.4. The van der Waals surface area contributed by atoms with Gasteiger partial charge in [0.05, 0.1) is 25.5 Å². The van der Waals surface area contributed by atoms with Crippen molar-refractivity contribution in [3.8, 4) is 28.5 Å². The van der Waals surface area contributed by atoms with Crippen LogP contribution in [0.1, 0.15) is 22.8 Å². The predicted molar refractivity (Wildman–Crippen MR) is 95.9 cm³/mol. The third-order valence-electron chi connectivity index (χ3n) is 4.87. The van der Waals surface area contributed by atoms with Gasteiger partial charge in [0, 0.05) is 23.0 Å². The van der Waals surface area contributed by atoms with Crippen molar-refractivity contribution in [1.82, 2.24) is 4.57 Å². The molecule has 25 heavy (non-hydrogen) atoms. The number of phenolic OH excluding ortho intramolecular Hbond substituents is 1. The van der Waals surface area contributed by atoms with Crippen LogP contribution in [0.4, 0.5) is 0 Å². The topological polar surface area (TPSA) is 60.7 Å². The molecule has 3 aromatic rings. The Morgan fingerprint density at radius 3 is 2.52 bits per heavy atom. The van der Waals surface area contributed by atoms with Crippen molar-refractivity contribution in [2.45, 2.75) is 19.9 Å². The zero-order chi connectivity index (χ0) is 17.7. The number of benzene rings is 2. The molecule has 4 rings (SSSR count). The van der Waals surface area contributed by atoms with Gasteiger partial charge in [0.2, 0.25) is 0 Å². The highest BCUT2D eigenvalue weighted by Gasteiger charge is 2.27. The molecule has 0 spiro atoms.